The van der Waals surface area contributed by atoms with Crippen LogP contribution in [0.25, 0.3) is 0 Å². The Kier molecular flexibility index (Phi) is 8.37. The van der Waals surface area contributed by atoms with Crippen LogP contribution in [0.4, 0.5) is 0 Å². The topological polar surface area (TPSA) is 125 Å². The molecular weight excluding hydrogens is 559 g/mol. The van der Waals surface area contributed by atoms with E-state index in [0.717, 1.165) is 19.3 Å². The number of hydrogen-bond donors (Lipinski definition) is 3. The van der Waals surface area contributed by atoms with Gasteiger partial charge in [-0.15, -0.1) is 0 Å². The average Bonchev–Trinajstić information content (AvgIpc) is 3.31. The molecule has 0 spiro atoms. The van der Waals surface area contributed by atoms with Crippen LogP contribution < -0.4 is 14.8 Å². The van der Waals surface area contributed by atoms with Gasteiger partial charge in [-0.05, 0) is 48.7 Å². The number of aldehydes is 1. The first-order chi connectivity index (χ1) is 19.3. The molecule has 1 heterocycles. The number of fused-ring (bicyclic) bond motifs is 3. The summed E-state index contributed by atoms with van der Waals surface area (Å²) in [5.74, 6) is -0.916. The van der Waals surface area contributed by atoms with Crippen molar-refractivity contribution >= 4 is 41.3 Å². The number of aliphatic hydroxyl groups is 2. The maximum atomic E-state index is 13.8. The van der Waals surface area contributed by atoms with Gasteiger partial charge in [-0.1, -0.05) is 35.7 Å². The summed E-state index contributed by atoms with van der Waals surface area (Å²) in [6.07, 6.45) is 2.54. The lowest BCUT2D eigenvalue weighted by atomic mass is 9.76. The van der Waals surface area contributed by atoms with Crippen LogP contribution in [0.1, 0.15) is 46.7 Å². The Morgan fingerprint density at radius 2 is 1.98 bits per heavy atom. The molecule has 1 aliphatic heterocycles. The van der Waals surface area contributed by atoms with Crippen molar-refractivity contribution < 1.29 is 34.1 Å². The highest BCUT2D eigenvalue weighted by Gasteiger charge is 2.52. The van der Waals surface area contributed by atoms with Gasteiger partial charge in [0.1, 0.15) is 18.5 Å². The number of benzene rings is 2. The van der Waals surface area contributed by atoms with Crippen LogP contribution in [0, 0.1) is 5.92 Å². The van der Waals surface area contributed by atoms with Crippen molar-refractivity contribution in [1.82, 2.24) is 10.2 Å². The molecule has 3 aliphatic rings. The van der Waals surface area contributed by atoms with Crippen LogP contribution in [0.15, 0.2) is 42.0 Å². The molecule has 0 radical (unpaired) electrons. The second-order valence-electron chi connectivity index (χ2n) is 10.2. The normalized spacial score (nSPS) is 23.2. The smallest absolute Gasteiger partial charge is 0.247 e. The molecule has 4 atom stereocenters. The molecule has 2 aromatic rings. The first kappa shape index (κ1) is 28.4. The van der Waals surface area contributed by atoms with E-state index in [2.05, 4.69) is 5.32 Å². The quantitative estimate of drug-likeness (QED) is 0.384. The van der Waals surface area contributed by atoms with Gasteiger partial charge in [-0.25, -0.2) is 0 Å². The Hall–Kier alpha value is -3.11. The van der Waals surface area contributed by atoms with Crippen molar-refractivity contribution in [2.24, 2.45) is 5.92 Å². The molecule has 9 nitrogen and oxygen atoms in total. The summed E-state index contributed by atoms with van der Waals surface area (Å²) in [4.78, 5) is 40.4. The van der Waals surface area contributed by atoms with Gasteiger partial charge in [0.25, 0.3) is 0 Å². The Balaban J connectivity index is 1.60. The zero-order valence-electron chi connectivity index (χ0n) is 21.8. The van der Waals surface area contributed by atoms with E-state index in [1.54, 1.807) is 35.2 Å². The van der Waals surface area contributed by atoms with E-state index in [9.17, 15) is 24.6 Å². The predicted octanol–water partition coefficient (Wildman–Crippen LogP) is 3.27. The van der Waals surface area contributed by atoms with E-state index in [0.29, 0.717) is 44.5 Å². The predicted molar refractivity (Wildman–Crippen MR) is 148 cm³/mol. The fourth-order valence-electron chi connectivity index (χ4n) is 5.61. The Bertz CT molecular complexity index is 1360. The number of halogens is 2. The van der Waals surface area contributed by atoms with Gasteiger partial charge in [-0.2, -0.15) is 0 Å². The lowest BCUT2D eigenvalue weighted by molar-refractivity contribution is -0.145. The molecule has 2 aliphatic carbocycles. The van der Waals surface area contributed by atoms with E-state index in [4.69, 9.17) is 32.7 Å². The molecule has 0 bridgehead atoms. The van der Waals surface area contributed by atoms with Crippen LogP contribution in [0.2, 0.25) is 10.0 Å². The number of amides is 2. The van der Waals surface area contributed by atoms with Crippen LogP contribution in [0.3, 0.4) is 0 Å². The lowest BCUT2D eigenvalue weighted by Gasteiger charge is -2.42. The third-order valence-electron chi connectivity index (χ3n) is 7.85. The van der Waals surface area contributed by atoms with Gasteiger partial charge in [0.15, 0.2) is 11.5 Å². The number of methoxy groups -OCH3 is 1. The third-order valence-corrected chi connectivity index (χ3v) is 8.58. The first-order valence-corrected chi connectivity index (χ1v) is 13.9. The maximum absolute atomic E-state index is 13.8. The molecule has 2 aromatic carbocycles. The largest absolute Gasteiger partial charge is 0.493 e. The molecule has 5 rings (SSSR count). The van der Waals surface area contributed by atoms with E-state index in [-0.39, 0.29) is 37.1 Å². The molecule has 40 heavy (non-hydrogen) atoms. The van der Waals surface area contributed by atoms with Gasteiger partial charge in [0, 0.05) is 35.7 Å². The highest BCUT2D eigenvalue weighted by molar-refractivity contribution is 6.42. The fourth-order valence-corrected chi connectivity index (χ4v) is 5.93. The van der Waals surface area contributed by atoms with Crippen molar-refractivity contribution in [3.63, 3.8) is 0 Å². The Labute approximate surface area is 241 Å². The number of carbonyl (C=O) groups is 3. The minimum Gasteiger partial charge on any atom is -0.493 e. The SMILES string of the molecule is COc1cc(C=O)cc2c1O[C@@H]1[C@@H](O)[C@H](N(Cc3ccc(Cl)c(Cl)c3)C(=O)C3CCC3)C=C(C(=O)NCCO)[C@H]21. The average molecular weight is 589 g/mol. The summed E-state index contributed by atoms with van der Waals surface area (Å²) in [6.45, 7) is -0.127. The molecule has 0 unspecified atom stereocenters. The van der Waals surface area contributed by atoms with Crippen LogP contribution in [0.5, 0.6) is 11.5 Å². The highest BCUT2D eigenvalue weighted by Crippen LogP contribution is 2.51. The standard InChI is InChI=1S/C29H30Cl2N2O7/c1-39-23-11-16(14-35)9-18-24-19(28(37)32-7-8-34)12-22(25(36)27(24)40-26(18)23)33(29(38)17-3-2-4-17)13-15-5-6-20(30)21(31)10-15/h5-6,9-12,14,17,22,24-25,27,34,36H,2-4,7-8,13H2,1H3,(H,32,37)/t22-,24+,25+,27+/m1/s1. The Morgan fingerprint density at radius 1 is 1.20 bits per heavy atom. The third kappa shape index (κ3) is 5.19. The number of nitrogens with zero attached hydrogens (tertiary/aromatic N) is 1. The maximum Gasteiger partial charge on any atom is 0.247 e. The van der Waals surface area contributed by atoms with Gasteiger partial charge < -0.3 is 29.9 Å². The zero-order chi connectivity index (χ0) is 28.6. The summed E-state index contributed by atoms with van der Waals surface area (Å²) in [5, 5.41) is 24.5. The fraction of sp³-hybridized carbons (Fsp3) is 0.414. The lowest BCUT2D eigenvalue weighted by Crippen LogP contribution is -2.56. The van der Waals surface area contributed by atoms with Gasteiger partial charge in [-0.3, -0.25) is 14.4 Å². The van der Waals surface area contributed by atoms with E-state index >= 15 is 0 Å². The van der Waals surface area contributed by atoms with Crippen molar-refractivity contribution in [2.45, 2.75) is 50.0 Å². The zero-order valence-corrected chi connectivity index (χ0v) is 23.3. The number of hydrogen-bond acceptors (Lipinski definition) is 7. The molecule has 212 valence electrons. The van der Waals surface area contributed by atoms with Crippen molar-refractivity contribution in [3.8, 4) is 11.5 Å². The molecule has 11 heteroatoms. The molecule has 2 amide bonds. The summed E-state index contributed by atoms with van der Waals surface area (Å²) >= 11 is 12.4. The highest BCUT2D eigenvalue weighted by atomic mass is 35.5. The van der Waals surface area contributed by atoms with Gasteiger partial charge in [0.05, 0.1) is 35.7 Å². The van der Waals surface area contributed by atoms with E-state index in [1.165, 1.54) is 13.2 Å². The van der Waals surface area contributed by atoms with Crippen LogP contribution in [-0.4, -0.2) is 71.7 Å². The first-order valence-electron chi connectivity index (χ1n) is 13.1. The number of nitrogens with one attached hydrogen (secondary N) is 1. The Morgan fingerprint density at radius 3 is 2.60 bits per heavy atom. The molecular formula is C29H30Cl2N2O7. The summed E-state index contributed by atoms with van der Waals surface area (Å²) in [5.41, 5.74) is 1.82. The summed E-state index contributed by atoms with van der Waals surface area (Å²) in [6, 6.07) is 7.32. The van der Waals surface area contributed by atoms with Crippen molar-refractivity contribution in [1.29, 1.82) is 0 Å². The number of rotatable bonds is 9. The van der Waals surface area contributed by atoms with Crippen LogP contribution in [-0.2, 0) is 16.1 Å². The van der Waals surface area contributed by atoms with Crippen molar-refractivity contribution in [2.75, 3.05) is 20.3 Å². The number of aliphatic hydroxyl groups excluding tert-OH is 2. The van der Waals surface area contributed by atoms with Gasteiger partial charge in [0.2, 0.25) is 11.8 Å². The van der Waals surface area contributed by atoms with E-state index < -0.39 is 30.1 Å². The summed E-state index contributed by atoms with van der Waals surface area (Å²) < 4.78 is 11.7. The summed E-state index contributed by atoms with van der Waals surface area (Å²) in [7, 11) is 1.44. The number of ether oxygens (including phenoxy) is 2. The molecule has 0 aromatic heterocycles. The minimum absolute atomic E-state index is 0.0141. The number of carbonyl (C=O) groups excluding carboxylic acids is 3. The van der Waals surface area contributed by atoms with Gasteiger partial charge >= 0.3 is 0 Å². The minimum atomic E-state index is -1.22. The monoisotopic (exact) mass is 588 g/mol. The second-order valence-corrected chi connectivity index (χ2v) is 11.1. The molecule has 1 fully saturated rings. The second kappa shape index (κ2) is 11.8. The van der Waals surface area contributed by atoms with Crippen LogP contribution >= 0.6 is 23.2 Å². The molecule has 3 N–H and O–H groups in total. The van der Waals surface area contributed by atoms with E-state index in [1.807, 2.05) is 0 Å². The molecule has 0 saturated heterocycles. The van der Waals surface area contributed by atoms with Crippen molar-refractivity contribution in [3.05, 3.63) is 68.7 Å². The molecule has 1 saturated carbocycles.